The third-order valence-electron chi connectivity index (χ3n) is 10.4. The Kier molecular flexibility index (Phi) is 6.23. The van der Waals surface area contributed by atoms with E-state index in [1.54, 1.807) is 0 Å². The van der Waals surface area contributed by atoms with Gasteiger partial charge in [0.1, 0.15) is 12.2 Å². The molecule has 0 aromatic heterocycles. The molecule has 0 heterocycles. The largest absolute Gasteiger partial charge is 0.243 e. The zero-order chi connectivity index (χ0) is 21.7. The summed E-state index contributed by atoms with van der Waals surface area (Å²) in [6, 6.07) is -0.306. The number of allylic oxidation sites excluding steroid dienone is 1. The molecule has 2 nitrogen and oxygen atoms in total. The van der Waals surface area contributed by atoms with E-state index in [-0.39, 0.29) is 11.5 Å². The molecule has 9 atom stereocenters. The van der Waals surface area contributed by atoms with Crippen molar-refractivity contribution < 1.29 is 4.39 Å². The van der Waals surface area contributed by atoms with Gasteiger partial charge in [0.05, 0.1) is 0 Å². The van der Waals surface area contributed by atoms with Crippen molar-refractivity contribution in [3.63, 3.8) is 0 Å². The van der Waals surface area contributed by atoms with Gasteiger partial charge in [-0.3, -0.25) is 0 Å². The van der Waals surface area contributed by atoms with Crippen LogP contribution in [-0.4, -0.2) is 12.2 Å². The zero-order valence-electron chi connectivity index (χ0n) is 20.0. The van der Waals surface area contributed by atoms with Gasteiger partial charge in [-0.25, -0.2) is 4.39 Å². The molecule has 4 rings (SSSR count). The predicted octanol–water partition coefficient (Wildman–Crippen LogP) is 8.11. The third kappa shape index (κ3) is 3.60. The van der Waals surface area contributed by atoms with E-state index < -0.39 is 6.17 Å². The lowest BCUT2D eigenvalue weighted by atomic mass is 9.46. The van der Waals surface area contributed by atoms with Crippen LogP contribution in [0.2, 0.25) is 0 Å². The predicted molar refractivity (Wildman–Crippen MR) is 123 cm³/mol. The highest BCUT2D eigenvalue weighted by Gasteiger charge is 2.61. The van der Waals surface area contributed by atoms with E-state index in [1.807, 2.05) is 6.08 Å². The number of hydrogen-bond donors (Lipinski definition) is 0. The maximum Gasteiger partial charge on any atom is 0.122 e. The van der Waals surface area contributed by atoms with Crippen molar-refractivity contribution in [1.29, 1.82) is 0 Å². The first-order valence-corrected chi connectivity index (χ1v) is 12.9. The summed E-state index contributed by atoms with van der Waals surface area (Å²) in [6.45, 7) is 12.0. The molecule has 0 aliphatic heterocycles. The van der Waals surface area contributed by atoms with Crippen LogP contribution in [-0.2, 0) is 0 Å². The van der Waals surface area contributed by atoms with Gasteiger partial charge in [-0.15, -0.1) is 0 Å². The van der Waals surface area contributed by atoms with Crippen LogP contribution in [0.5, 0.6) is 0 Å². The van der Waals surface area contributed by atoms with Crippen LogP contribution >= 0.6 is 0 Å². The second-order valence-electron chi connectivity index (χ2n) is 12.4. The molecule has 4 aliphatic carbocycles. The molecule has 3 fully saturated rings. The maximum atomic E-state index is 15.5. The first-order valence-electron chi connectivity index (χ1n) is 12.9. The summed E-state index contributed by atoms with van der Waals surface area (Å²) >= 11 is 0. The molecule has 0 aromatic rings. The number of rotatable bonds is 6. The van der Waals surface area contributed by atoms with Crippen molar-refractivity contribution in [2.24, 2.45) is 51.5 Å². The van der Waals surface area contributed by atoms with Crippen LogP contribution < -0.4 is 0 Å². The van der Waals surface area contributed by atoms with Gasteiger partial charge in [-0.1, -0.05) is 65.1 Å². The first-order chi connectivity index (χ1) is 14.2. The van der Waals surface area contributed by atoms with Crippen molar-refractivity contribution in [2.75, 3.05) is 0 Å². The van der Waals surface area contributed by atoms with Gasteiger partial charge in [-0.05, 0) is 96.9 Å². The van der Waals surface area contributed by atoms with Gasteiger partial charge in [0.2, 0.25) is 0 Å². The number of alkyl halides is 1. The standard InChI is InChI=1S/C27H44FNO/c1-17(2)7-6-8-18(3)21-9-10-22-20-16-25(28)24-15-19(29-30)11-13-27(24,5)23(20)12-14-26(21,22)4/h15,17-23,25H,6-14,16H2,1-5H3/t18-,19?,20?,21-,22?,23?,25-,26-,27-/m1/s1. The molecule has 0 N–H and O–H groups in total. The van der Waals surface area contributed by atoms with E-state index in [0.717, 1.165) is 36.2 Å². The number of nitrogens with zero attached hydrogens (tertiary/aromatic N) is 1. The molecule has 4 aliphatic rings. The molecule has 3 heteroatoms. The second-order valence-corrected chi connectivity index (χ2v) is 12.4. The Morgan fingerprint density at radius 1 is 1.07 bits per heavy atom. The average molecular weight is 418 g/mol. The minimum atomic E-state index is -0.870. The summed E-state index contributed by atoms with van der Waals surface area (Å²) < 4.78 is 15.5. The Morgan fingerprint density at radius 2 is 1.83 bits per heavy atom. The van der Waals surface area contributed by atoms with Crippen LogP contribution in [0.15, 0.2) is 16.8 Å². The van der Waals surface area contributed by atoms with Gasteiger partial charge in [0.25, 0.3) is 0 Å². The summed E-state index contributed by atoms with van der Waals surface area (Å²) in [6.07, 6.45) is 12.7. The lowest BCUT2D eigenvalue weighted by Gasteiger charge is -2.59. The van der Waals surface area contributed by atoms with Crippen molar-refractivity contribution >= 4 is 0 Å². The van der Waals surface area contributed by atoms with E-state index >= 15 is 4.39 Å². The van der Waals surface area contributed by atoms with E-state index in [0.29, 0.717) is 29.6 Å². The maximum absolute atomic E-state index is 15.5. The normalized spacial score (nSPS) is 46.6. The third-order valence-corrected chi connectivity index (χ3v) is 10.4. The first kappa shape index (κ1) is 22.5. The van der Waals surface area contributed by atoms with Gasteiger partial charge < -0.3 is 0 Å². The molecule has 0 amide bonds. The molecule has 0 bridgehead atoms. The quantitative estimate of drug-likeness (QED) is 0.317. The fourth-order valence-corrected chi connectivity index (χ4v) is 8.82. The van der Waals surface area contributed by atoms with Crippen molar-refractivity contribution in [2.45, 2.75) is 111 Å². The molecule has 0 aromatic carbocycles. The van der Waals surface area contributed by atoms with E-state index in [2.05, 4.69) is 39.8 Å². The van der Waals surface area contributed by atoms with Crippen molar-refractivity contribution in [3.8, 4) is 0 Å². The van der Waals surface area contributed by atoms with Gasteiger partial charge in [0.15, 0.2) is 0 Å². The Bertz CT molecular complexity index is 674. The minimum Gasteiger partial charge on any atom is -0.243 e. The summed E-state index contributed by atoms with van der Waals surface area (Å²) in [5.41, 5.74) is 1.28. The molecule has 0 radical (unpaired) electrons. The van der Waals surface area contributed by atoms with Crippen LogP contribution in [0.1, 0.15) is 98.8 Å². The molecule has 30 heavy (non-hydrogen) atoms. The van der Waals surface area contributed by atoms with E-state index in [1.165, 1.54) is 44.9 Å². The van der Waals surface area contributed by atoms with E-state index in [9.17, 15) is 4.91 Å². The number of halogens is 1. The van der Waals surface area contributed by atoms with Crippen LogP contribution in [0, 0.1) is 51.2 Å². The number of nitroso groups, excluding NO2 is 1. The van der Waals surface area contributed by atoms with Crippen molar-refractivity contribution in [1.82, 2.24) is 0 Å². The fraction of sp³-hybridized carbons (Fsp3) is 0.926. The molecular formula is C27H44FNO. The molecule has 0 saturated heterocycles. The van der Waals surface area contributed by atoms with Gasteiger partial charge in [-0.2, -0.15) is 4.91 Å². The smallest absolute Gasteiger partial charge is 0.122 e. The lowest BCUT2D eigenvalue weighted by molar-refractivity contribution is -0.0737. The van der Waals surface area contributed by atoms with Crippen LogP contribution in [0.4, 0.5) is 4.39 Å². The topological polar surface area (TPSA) is 29.4 Å². The van der Waals surface area contributed by atoms with Gasteiger partial charge >= 0.3 is 0 Å². The SMILES string of the molecule is CC(C)CCC[C@@H](C)[C@H]1CCC2C3C[C@@H](F)C4=CC(N=O)CC[C@]4(C)C3CC[C@@]21C. The minimum absolute atomic E-state index is 0.0498. The van der Waals surface area contributed by atoms with Crippen molar-refractivity contribution in [3.05, 3.63) is 16.6 Å². The Morgan fingerprint density at radius 3 is 2.53 bits per heavy atom. The summed E-state index contributed by atoms with van der Waals surface area (Å²) in [7, 11) is 0. The highest BCUT2D eigenvalue weighted by Crippen LogP contribution is 2.68. The lowest BCUT2D eigenvalue weighted by Crippen LogP contribution is -2.53. The highest BCUT2D eigenvalue weighted by molar-refractivity contribution is 5.30. The molecule has 0 spiro atoms. The average Bonchev–Trinajstić information content (AvgIpc) is 3.05. The monoisotopic (exact) mass is 417 g/mol. The Balaban J connectivity index is 1.52. The molecule has 170 valence electrons. The van der Waals surface area contributed by atoms with E-state index in [4.69, 9.17) is 0 Å². The summed E-state index contributed by atoms with van der Waals surface area (Å²) in [4.78, 5) is 11.1. The Labute approximate surface area is 183 Å². The van der Waals surface area contributed by atoms with Gasteiger partial charge in [0, 0.05) is 0 Å². The molecule has 4 unspecified atom stereocenters. The summed E-state index contributed by atoms with van der Waals surface area (Å²) in [5.74, 6) is 4.21. The zero-order valence-corrected chi connectivity index (χ0v) is 20.0. The second kappa shape index (κ2) is 8.32. The number of fused-ring (bicyclic) bond motifs is 5. The number of hydrogen-bond acceptors (Lipinski definition) is 2. The molecular weight excluding hydrogens is 373 g/mol. The highest BCUT2D eigenvalue weighted by atomic mass is 19.1. The van der Waals surface area contributed by atoms with Crippen LogP contribution in [0.25, 0.3) is 0 Å². The summed E-state index contributed by atoms with van der Waals surface area (Å²) in [5, 5.41) is 3.24. The Hall–Kier alpha value is -0.730. The van der Waals surface area contributed by atoms with Crippen LogP contribution in [0.3, 0.4) is 0 Å². The molecule has 3 saturated carbocycles. The fourth-order valence-electron chi connectivity index (χ4n) is 8.82.